The van der Waals surface area contributed by atoms with Gasteiger partial charge in [0.25, 0.3) is 0 Å². The Hall–Kier alpha value is -2.02. The van der Waals surface area contributed by atoms with E-state index in [1.807, 2.05) is 48.7 Å². The van der Waals surface area contributed by atoms with E-state index in [9.17, 15) is 9.59 Å². The van der Waals surface area contributed by atoms with E-state index < -0.39 is 6.04 Å². The number of carbonyl (C=O) groups excluding carboxylic acids is 2. The summed E-state index contributed by atoms with van der Waals surface area (Å²) in [6.07, 6.45) is 1.96. The lowest BCUT2D eigenvalue weighted by atomic mass is 10.2. The lowest BCUT2D eigenvalue weighted by Crippen LogP contribution is -2.45. The number of benzene rings is 2. The van der Waals surface area contributed by atoms with E-state index in [0.717, 1.165) is 16.1 Å². The smallest absolute Gasteiger partial charge is 0.238 e. The summed E-state index contributed by atoms with van der Waals surface area (Å²) in [6.45, 7) is 2.23. The fourth-order valence-corrected chi connectivity index (χ4v) is 3.23. The minimum Gasteiger partial charge on any atom is -0.351 e. The zero-order valence-electron chi connectivity index (χ0n) is 15.7. The number of carbonyl (C=O) groups is 2. The van der Waals surface area contributed by atoms with Gasteiger partial charge in [-0.2, -0.15) is 0 Å². The van der Waals surface area contributed by atoms with Crippen LogP contribution in [0.15, 0.2) is 53.4 Å². The number of para-hydroxylation sites is 1. The van der Waals surface area contributed by atoms with E-state index in [0.29, 0.717) is 11.6 Å². The van der Waals surface area contributed by atoms with Gasteiger partial charge < -0.3 is 10.6 Å². The molecule has 1 atom stereocenters. The van der Waals surface area contributed by atoms with Crippen LogP contribution in [0.1, 0.15) is 12.5 Å². The van der Waals surface area contributed by atoms with Crippen molar-refractivity contribution in [3.63, 3.8) is 0 Å². The van der Waals surface area contributed by atoms with Gasteiger partial charge in [0.1, 0.15) is 0 Å². The number of likely N-dealkylation sites (N-methyl/N-ethyl adjacent to an activating group) is 1. The van der Waals surface area contributed by atoms with Crippen molar-refractivity contribution in [1.82, 2.24) is 10.2 Å². The number of thioether (sulfide) groups is 1. The summed E-state index contributed by atoms with van der Waals surface area (Å²) in [6, 6.07) is 14.6. The van der Waals surface area contributed by atoms with Crippen LogP contribution in [0.3, 0.4) is 0 Å². The summed E-state index contributed by atoms with van der Waals surface area (Å²) < 4.78 is 0. The average molecular weight is 406 g/mol. The molecule has 0 saturated carbocycles. The minimum absolute atomic E-state index is 0.114. The van der Waals surface area contributed by atoms with Gasteiger partial charge in [-0.15, -0.1) is 11.8 Å². The van der Waals surface area contributed by atoms with Crippen molar-refractivity contribution < 1.29 is 9.59 Å². The molecule has 0 spiro atoms. The first-order chi connectivity index (χ1) is 12.9. The number of amides is 2. The van der Waals surface area contributed by atoms with Gasteiger partial charge in [0.2, 0.25) is 11.8 Å². The van der Waals surface area contributed by atoms with Crippen LogP contribution in [-0.4, -0.2) is 42.6 Å². The third kappa shape index (κ3) is 6.27. The first-order valence-electron chi connectivity index (χ1n) is 8.56. The molecule has 2 aromatic carbocycles. The number of halogens is 1. The summed E-state index contributed by atoms with van der Waals surface area (Å²) in [5, 5.41) is 6.38. The van der Waals surface area contributed by atoms with Gasteiger partial charge in [-0.25, -0.2) is 0 Å². The largest absolute Gasteiger partial charge is 0.351 e. The van der Waals surface area contributed by atoms with E-state index >= 15 is 0 Å². The molecule has 0 heterocycles. The Bertz CT molecular complexity index is 800. The van der Waals surface area contributed by atoms with Crippen LogP contribution in [0.25, 0.3) is 0 Å². The van der Waals surface area contributed by atoms with Gasteiger partial charge in [0.15, 0.2) is 0 Å². The van der Waals surface area contributed by atoms with Crippen molar-refractivity contribution in [2.75, 3.05) is 25.2 Å². The van der Waals surface area contributed by atoms with Crippen molar-refractivity contribution >= 4 is 40.9 Å². The van der Waals surface area contributed by atoms with Crippen molar-refractivity contribution in [3.05, 3.63) is 59.1 Å². The number of nitrogens with zero attached hydrogens (tertiary/aromatic N) is 1. The number of rotatable bonds is 8. The highest BCUT2D eigenvalue weighted by Crippen LogP contribution is 2.24. The molecule has 0 aliphatic rings. The minimum atomic E-state index is -0.450. The maximum absolute atomic E-state index is 12.4. The zero-order chi connectivity index (χ0) is 19.8. The number of anilines is 1. The van der Waals surface area contributed by atoms with Crippen LogP contribution in [0, 0.1) is 0 Å². The van der Waals surface area contributed by atoms with Crippen molar-refractivity contribution in [3.8, 4) is 0 Å². The van der Waals surface area contributed by atoms with Gasteiger partial charge in [-0.05, 0) is 44.0 Å². The summed E-state index contributed by atoms with van der Waals surface area (Å²) in [5.41, 5.74) is 1.63. The van der Waals surface area contributed by atoms with Crippen LogP contribution in [-0.2, 0) is 16.1 Å². The Morgan fingerprint density at radius 2 is 1.81 bits per heavy atom. The number of nitrogens with one attached hydrogen (secondary N) is 2. The molecule has 2 N–H and O–H groups in total. The van der Waals surface area contributed by atoms with Gasteiger partial charge in [-0.3, -0.25) is 14.5 Å². The molecular weight excluding hydrogens is 382 g/mol. The van der Waals surface area contributed by atoms with Crippen LogP contribution in [0.2, 0.25) is 5.02 Å². The van der Waals surface area contributed by atoms with Crippen LogP contribution in [0.5, 0.6) is 0 Å². The second-order valence-electron chi connectivity index (χ2n) is 6.15. The lowest BCUT2D eigenvalue weighted by Gasteiger charge is -2.23. The summed E-state index contributed by atoms with van der Waals surface area (Å²) in [7, 11) is 1.75. The molecule has 2 aromatic rings. The SMILES string of the molecule is CSc1ccccc1NC(=O)CN(C)C(C)C(=O)NCc1ccccc1Cl. The first kappa shape index (κ1) is 21.3. The van der Waals surface area contributed by atoms with E-state index in [2.05, 4.69) is 10.6 Å². The molecule has 0 aliphatic heterocycles. The number of hydrogen-bond donors (Lipinski definition) is 2. The average Bonchev–Trinajstić information content (AvgIpc) is 2.66. The van der Waals surface area contributed by atoms with Crippen molar-refractivity contribution in [2.24, 2.45) is 0 Å². The molecular formula is C20H24ClN3O2S. The quantitative estimate of drug-likeness (QED) is 0.658. The normalized spacial score (nSPS) is 11.9. The molecule has 7 heteroatoms. The van der Waals surface area contributed by atoms with Crippen LogP contribution in [0.4, 0.5) is 5.69 Å². The zero-order valence-corrected chi connectivity index (χ0v) is 17.2. The first-order valence-corrected chi connectivity index (χ1v) is 10.2. The third-order valence-electron chi connectivity index (χ3n) is 4.23. The monoisotopic (exact) mass is 405 g/mol. The van der Waals surface area contributed by atoms with Crippen molar-refractivity contribution in [1.29, 1.82) is 0 Å². The molecule has 0 radical (unpaired) electrons. The molecule has 0 aromatic heterocycles. The Morgan fingerprint density at radius 3 is 2.52 bits per heavy atom. The second kappa shape index (κ2) is 10.3. The Balaban J connectivity index is 1.86. The maximum atomic E-state index is 12.4. The third-order valence-corrected chi connectivity index (χ3v) is 5.39. The topological polar surface area (TPSA) is 61.4 Å². The summed E-state index contributed by atoms with van der Waals surface area (Å²) >= 11 is 7.67. The van der Waals surface area contributed by atoms with Crippen LogP contribution < -0.4 is 10.6 Å². The fourth-order valence-electron chi connectivity index (χ4n) is 2.47. The maximum Gasteiger partial charge on any atom is 0.238 e. The van der Waals surface area contributed by atoms with Crippen molar-refractivity contribution in [2.45, 2.75) is 24.4 Å². The Morgan fingerprint density at radius 1 is 1.15 bits per heavy atom. The van der Waals surface area contributed by atoms with E-state index in [4.69, 9.17) is 11.6 Å². The molecule has 5 nitrogen and oxygen atoms in total. The Kier molecular flexibility index (Phi) is 8.16. The highest BCUT2D eigenvalue weighted by Gasteiger charge is 2.20. The molecule has 2 rings (SSSR count). The molecule has 1 unspecified atom stereocenters. The van der Waals surface area contributed by atoms with Gasteiger partial charge in [0, 0.05) is 16.5 Å². The molecule has 0 saturated heterocycles. The summed E-state index contributed by atoms with van der Waals surface area (Å²) in [4.78, 5) is 27.4. The predicted octanol–water partition coefficient (Wildman–Crippen LogP) is 3.64. The molecule has 27 heavy (non-hydrogen) atoms. The Labute approximate surface area is 169 Å². The lowest BCUT2D eigenvalue weighted by molar-refractivity contribution is -0.126. The fraction of sp³-hybridized carbons (Fsp3) is 0.300. The molecule has 2 amide bonds. The van der Waals surface area contributed by atoms with E-state index in [-0.39, 0.29) is 18.4 Å². The molecule has 0 fully saturated rings. The van der Waals surface area contributed by atoms with Crippen LogP contribution >= 0.6 is 23.4 Å². The van der Waals surface area contributed by atoms with Gasteiger partial charge >= 0.3 is 0 Å². The van der Waals surface area contributed by atoms with E-state index in [1.165, 1.54) is 0 Å². The highest BCUT2D eigenvalue weighted by molar-refractivity contribution is 7.98. The second-order valence-corrected chi connectivity index (χ2v) is 7.40. The van der Waals surface area contributed by atoms with Gasteiger partial charge in [0.05, 0.1) is 18.3 Å². The molecule has 0 aliphatic carbocycles. The summed E-state index contributed by atoms with van der Waals surface area (Å²) in [5.74, 6) is -0.320. The highest BCUT2D eigenvalue weighted by atomic mass is 35.5. The molecule has 0 bridgehead atoms. The van der Waals surface area contributed by atoms with E-state index in [1.54, 1.807) is 36.7 Å². The molecule has 144 valence electrons. The number of hydrogen-bond acceptors (Lipinski definition) is 4. The standard InChI is InChI=1S/C20H24ClN3O2S/c1-14(20(26)22-12-15-8-4-5-9-16(15)21)24(2)13-19(25)23-17-10-6-7-11-18(17)27-3/h4-11,14H,12-13H2,1-3H3,(H,22,26)(H,23,25). The van der Waals surface area contributed by atoms with Gasteiger partial charge in [-0.1, -0.05) is 41.9 Å². The predicted molar refractivity (Wildman–Crippen MR) is 112 cm³/mol.